The monoisotopic (exact) mass is 318 g/mol. The highest BCUT2D eigenvalue weighted by Crippen LogP contribution is 2.37. The van der Waals surface area contributed by atoms with Crippen molar-refractivity contribution in [3.63, 3.8) is 0 Å². The molecule has 22 heavy (non-hydrogen) atoms. The number of amides is 1. The number of rotatable bonds is 3. The lowest BCUT2D eigenvalue weighted by Gasteiger charge is -2.32. The van der Waals surface area contributed by atoms with E-state index in [1.54, 1.807) is 0 Å². The molecule has 4 rings (SSSR count). The molecule has 2 aromatic heterocycles. The van der Waals surface area contributed by atoms with Gasteiger partial charge in [-0.2, -0.15) is 0 Å². The van der Waals surface area contributed by atoms with Crippen LogP contribution in [0.25, 0.3) is 10.6 Å². The third-order valence-electron chi connectivity index (χ3n) is 4.41. The summed E-state index contributed by atoms with van der Waals surface area (Å²) in [5.74, 6) is 1.58. The Bertz CT molecular complexity index is 691. The molecule has 0 bridgehead atoms. The Morgan fingerprint density at radius 2 is 2.27 bits per heavy atom. The van der Waals surface area contributed by atoms with Crippen LogP contribution in [0.4, 0.5) is 0 Å². The molecule has 1 amide bonds. The fourth-order valence-electron chi connectivity index (χ4n) is 3.10. The molecule has 0 radical (unpaired) electrons. The number of likely N-dealkylation sites (tertiary alicyclic amines) is 1. The van der Waals surface area contributed by atoms with E-state index < -0.39 is 0 Å². The third kappa shape index (κ3) is 2.54. The van der Waals surface area contributed by atoms with Crippen molar-refractivity contribution >= 4 is 17.4 Å². The molecule has 2 aromatic rings. The van der Waals surface area contributed by atoms with Crippen LogP contribution in [-0.4, -0.2) is 38.6 Å². The van der Waals surface area contributed by atoms with E-state index in [2.05, 4.69) is 14.7 Å². The number of aryl methyl sites for hydroxylation is 1. The van der Waals surface area contributed by atoms with Gasteiger partial charge < -0.3 is 9.42 Å². The predicted molar refractivity (Wildman–Crippen MR) is 81.4 cm³/mol. The largest absolute Gasteiger partial charge is 0.355 e. The van der Waals surface area contributed by atoms with Gasteiger partial charge in [0, 0.05) is 31.0 Å². The highest BCUT2D eigenvalue weighted by Gasteiger charge is 2.36. The Morgan fingerprint density at radius 1 is 1.41 bits per heavy atom. The quantitative estimate of drug-likeness (QED) is 0.870. The molecule has 1 saturated carbocycles. The first-order valence-corrected chi connectivity index (χ1v) is 8.54. The lowest BCUT2D eigenvalue weighted by Crippen LogP contribution is -2.40. The lowest BCUT2D eigenvalue weighted by atomic mass is 9.93. The number of carbonyl (C=O) groups excluding carboxylic acids is 1. The number of hydrogen-bond acceptors (Lipinski definition) is 6. The summed E-state index contributed by atoms with van der Waals surface area (Å²) in [4.78, 5) is 15.3. The molecule has 0 spiro atoms. The molecular weight excluding hydrogens is 300 g/mol. The maximum Gasteiger partial charge on any atom is 0.225 e. The van der Waals surface area contributed by atoms with Crippen molar-refractivity contribution in [2.75, 3.05) is 13.1 Å². The fourth-order valence-corrected chi connectivity index (χ4v) is 3.79. The second-order valence-corrected chi connectivity index (χ2v) is 6.97. The van der Waals surface area contributed by atoms with E-state index in [-0.39, 0.29) is 11.8 Å². The molecule has 0 aromatic carbocycles. The van der Waals surface area contributed by atoms with Gasteiger partial charge >= 0.3 is 0 Å². The maximum absolute atomic E-state index is 12.3. The SMILES string of the molecule is Cc1cc(-c2snnc2[C@H]2CCCN(C(=O)C3CC3)C2)on1. The topological polar surface area (TPSA) is 72.1 Å². The summed E-state index contributed by atoms with van der Waals surface area (Å²) < 4.78 is 9.46. The van der Waals surface area contributed by atoms with Gasteiger partial charge in [0.15, 0.2) is 5.76 Å². The first-order valence-electron chi connectivity index (χ1n) is 7.77. The summed E-state index contributed by atoms with van der Waals surface area (Å²) in [7, 11) is 0. The highest BCUT2D eigenvalue weighted by molar-refractivity contribution is 7.09. The van der Waals surface area contributed by atoms with Crippen molar-refractivity contribution in [1.82, 2.24) is 19.6 Å². The summed E-state index contributed by atoms with van der Waals surface area (Å²) >= 11 is 1.34. The minimum Gasteiger partial charge on any atom is -0.355 e. The third-order valence-corrected chi connectivity index (χ3v) is 5.17. The number of piperidine rings is 1. The molecule has 1 saturated heterocycles. The molecular formula is C15H18N4O2S. The van der Waals surface area contributed by atoms with Crippen molar-refractivity contribution in [1.29, 1.82) is 0 Å². The van der Waals surface area contributed by atoms with Crippen LogP contribution < -0.4 is 0 Å². The first kappa shape index (κ1) is 13.9. The molecule has 7 heteroatoms. The second-order valence-electron chi connectivity index (χ2n) is 6.22. The highest BCUT2D eigenvalue weighted by atomic mass is 32.1. The zero-order valence-electron chi connectivity index (χ0n) is 12.5. The van der Waals surface area contributed by atoms with Crippen LogP contribution in [0.3, 0.4) is 0 Å². The van der Waals surface area contributed by atoms with Crippen LogP contribution in [0, 0.1) is 12.8 Å². The van der Waals surface area contributed by atoms with Crippen molar-refractivity contribution in [3.05, 3.63) is 17.5 Å². The Balaban J connectivity index is 1.56. The van der Waals surface area contributed by atoms with E-state index in [0.29, 0.717) is 5.91 Å². The van der Waals surface area contributed by atoms with Crippen LogP contribution in [0.2, 0.25) is 0 Å². The van der Waals surface area contributed by atoms with Gasteiger partial charge in [-0.05, 0) is 44.1 Å². The van der Waals surface area contributed by atoms with Gasteiger partial charge in [0.1, 0.15) is 4.88 Å². The zero-order valence-corrected chi connectivity index (χ0v) is 13.3. The van der Waals surface area contributed by atoms with Gasteiger partial charge in [0.05, 0.1) is 11.4 Å². The van der Waals surface area contributed by atoms with Gasteiger partial charge in [-0.3, -0.25) is 4.79 Å². The smallest absolute Gasteiger partial charge is 0.225 e. The molecule has 1 aliphatic heterocycles. The van der Waals surface area contributed by atoms with Crippen molar-refractivity contribution in [2.45, 2.75) is 38.5 Å². The Morgan fingerprint density at radius 3 is 3.00 bits per heavy atom. The molecule has 2 fully saturated rings. The average molecular weight is 318 g/mol. The second kappa shape index (κ2) is 5.46. The summed E-state index contributed by atoms with van der Waals surface area (Å²) in [6, 6.07) is 1.91. The molecule has 3 heterocycles. The van der Waals surface area contributed by atoms with Crippen LogP contribution in [0.1, 0.15) is 43.0 Å². The zero-order chi connectivity index (χ0) is 15.1. The molecule has 6 nitrogen and oxygen atoms in total. The summed E-state index contributed by atoms with van der Waals surface area (Å²) in [6.45, 7) is 3.53. The van der Waals surface area contributed by atoms with Crippen molar-refractivity contribution in [3.8, 4) is 10.6 Å². The van der Waals surface area contributed by atoms with Crippen molar-refractivity contribution in [2.24, 2.45) is 5.92 Å². The molecule has 0 unspecified atom stereocenters. The van der Waals surface area contributed by atoms with Crippen molar-refractivity contribution < 1.29 is 9.32 Å². The standard InChI is InChI=1S/C15H18N4O2S/c1-9-7-12(21-17-9)14-13(16-18-22-14)11-3-2-6-19(8-11)15(20)10-4-5-10/h7,10-11H,2-6,8H2,1H3/t11-/m0/s1. The van der Waals surface area contributed by atoms with Crippen LogP contribution in [-0.2, 0) is 4.79 Å². The lowest BCUT2D eigenvalue weighted by molar-refractivity contribution is -0.133. The maximum atomic E-state index is 12.3. The fraction of sp³-hybridized carbons (Fsp3) is 0.600. The van der Waals surface area contributed by atoms with E-state index in [1.807, 2.05) is 17.9 Å². The van der Waals surface area contributed by atoms with Crippen LogP contribution in [0.5, 0.6) is 0 Å². The molecule has 1 aliphatic carbocycles. The van der Waals surface area contributed by atoms with E-state index >= 15 is 0 Å². The number of carbonyl (C=O) groups is 1. The minimum atomic E-state index is 0.246. The Hall–Kier alpha value is -1.76. The van der Waals surface area contributed by atoms with Gasteiger partial charge in [-0.25, -0.2) is 0 Å². The Kier molecular flexibility index (Phi) is 3.44. The normalized spacial score (nSPS) is 22.0. The van der Waals surface area contributed by atoms with E-state index in [9.17, 15) is 4.79 Å². The van der Waals surface area contributed by atoms with Crippen LogP contribution in [0.15, 0.2) is 10.6 Å². The Labute approximate surface area is 132 Å². The number of nitrogens with zero attached hydrogens (tertiary/aromatic N) is 4. The van der Waals surface area contributed by atoms with Crippen LogP contribution >= 0.6 is 11.5 Å². The summed E-state index contributed by atoms with van der Waals surface area (Å²) in [6.07, 6.45) is 4.18. The first-order chi connectivity index (χ1) is 10.7. The number of aromatic nitrogens is 3. The summed E-state index contributed by atoms with van der Waals surface area (Å²) in [5.41, 5.74) is 1.80. The average Bonchev–Trinajstić information content (AvgIpc) is 3.11. The molecule has 2 aliphatic rings. The van der Waals surface area contributed by atoms with Gasteiger partial charge in [-0.1, -0.05) is 9.64 Å². The van der Waals surface area contributed by atoms with Gasteiger partial charge in [0.25, 0.3) is 0 Å². The van der Waals surface area contributed by atoms with E-state index in [4.69, 9.17) is 4.52 Å². The summed E-state index contributed by atoms with van der Waals surface area (Å²) in [5, 5.41) is 8.27. The molecule has 116 valence electrons. The van der Waals surface area contributed by atoms with Gasteiger partial charge in [0.2, 0.25) is 5.91 Å². The molecule has 0 N–H and O–H groups in total. The van der Waals surface area contributed by atoms with Gasteiger partial charge in [-0.15, -0.1) is 5.10 Å². The van der Waals surface area contributed by atoms with E-state index in [1.165, 1.54) is 11.5 Å². The molecule has 1 atom stereocenters. The number of hydrogen-bond donors (Lipinski definition) is 0. The predicted octanol–water partition coefficient (Wildman–Crippen LogP) is 2.62. The van der Waals surface area contributed by atoms with E-state index in [0.717, 1.165) is 60.8 Å². The minimum absolute atomic E-state index is 0.246.